The summed E-state index contributed by atoms with van der Waals surface area (Å²) < 4.78 is 0. The Kier molecular flexibility index (Phi) is 4.97. The van der Waals surface area contributed by atoms with Gasteiger partial charge in [0.05, 0.1) is 11.2 Å². The lowest BCUT2D eigenvalue weighted by Crippen LogP contribution is -2.36. The van der Waals surface area contributed by atoms with E-state index in [2.05, 4.69) is 28.0 Å². The predicted octanol–water partition coefficient (Wildman–Crippen LogP) is 4.85. The molecule has 24 heavy (non-hydrogen) atoms. The maximum atomic E-state index is 6.60. The van der Waals surface area contributed by atoms with Gasteiger partial charge in [-0.25, -0.2) is 0 Å². The largest absolute Gasteiger partial charge is 0.359 e. The molecule has 5 heteroatoms. The minimum atomic E-state index is 0.261. The number of thiocarbonyl (C=S) groups is 1. The summed E-state index contributed by atoms with van der Waals surface area (Å²) in [5.74, 6) is 0. The number of nitrogens with one attached hydrogen (secondary N) is 2. The highest BCUT2D eigenvalue weighted by Gasteiger charge is 2.10. The molecule has 0 amide bonds. The third-order valence-electron chi connectivity index (χ3n) is 3.69. The first kappa shape index (κ1) is 16.7. The molecule has 3 nitrogen and oxygen atoms in total. The van der Waals surface area contributed by atoms with Crippen LogP contribution in [0.5, 0.6) is 0 Å². The molecule has 0 bridgehead atoms. The average Bonchev–Trinajstić information content (AvgIpc) is 2.57. The number of benzene rings is 3. The summed E-state index contributed by atoms with van der Waals surface area (Å²) in [7, 11) is 0. The highest BCUT2D eigenvalue weighted by molar-refractivity contribution is 7.80. The highest BCUT2D eigenvalue weighted by Crippen LogP contribution is 2.35. The van der Waals surface area contributed by atoms with E-state index in [9.17, 15) is 0 Å². The van der Waals surface area contributed by atoms with Gasteiger partial charge in [-0.05, 0) is 36.8 Å². The van der Waals surface area contributed by atoms with Crippen LogP contribution in [0.15, 0.2) is 53.6 Å². The second-order valence-corrected chi connectivity index (χ2v) is 6.60. The molecule has 0 aliphatic carbocycles. The quantitative estimate of drug-likeness (QED) is 0.305. The van der Waals surface area contributed by atoms with E-state index in [1.165, 1.54) is 0 Å². The molecule has 0 saturated heterocycles. The Labute approximate surface area is 151 Å². The van der Waals surface area contributed by atoms with Crippen molar-refractivity contribution in [2.45, 2.75) is 19.9 Å². The summed E-state index contributed by atoms with van der Waals surface area (Å²) in [5.41, 5.74) is 3.88. The van der Waals surface area contributed by atoms with Gasteiger partial charge >= 0.3 is 0 Å². The molecule has 0 saturated carbocycles. The van der Waals surface area contributed by atoms with Crippen LogP contribution in [0.25, 0.3) is 21.5 Å². The Morgan fingerprint density at radius 2 is 1.50 bits per heavy atom. The molecule has 3 rings (SSSR count). The standard InChI is InChI=1S/C19H18ClN3S/c1-12(2)22-19(24)23-21-11-17-13-7-3-5-9-15(13)18(20)16-10-6-4-8-14(16)17/h3-12H,1-2H3,(H2,22,23,24)/b21-11-. The van der Waals surface area contributed by atoms with Gasteiger partial charge in [-0.2, -0.15) is 5.10 Å². The Bertz CT molecular complexity index is 877. The van der Waals surface area contributed by atoms with E-state index in [4.69, 9.17) is 23.8 Å². The Hall–Kier alpha value is -2.17. The number of halogens is 1. The molecule has 0 aliphatic rings. The number of hydrazone groups is 1. The summed E-state index contributed by atoms with van der Waals surface area (Å²) in [6, 6.07) is 16.4. The maximum Gasteiger partial charge on any atom is 0.187 e. The lowest BCUT2D eigenvalue weighted by molar-refractivity contribution is 0.720. The van der Waals surface area contributed by atoms with Crippen LogP contribution in [-0.2, 0) is 0 Å². The first-order chi connectivity index (χ1) is 11.6. The summed E-state index contributed by atoms with van der Waals surface area (Å²) in [4.78, 5) is 0. The van der Waals surface area contributed by atoms with Crippen molar-refractivity contribution in [1.82, 2.24) is 10.7 Å². The monoisotopic (exact) mass is 355 g/mol. The molecule has 122 valence electrons. The number of nitrogens with zero attached hydrogens (tertiary/aromatic N) is 1. The zero-order chi connectivity index (χ0) is 17.1. The average molecular weight is 356 g/mol. The molecule has 0 aliphatic heterocycles. The molecular formula is C19H18ClN3S. The zero-order valence-corrected chi connectivity index (χ0v) is 15.1. The van der Waals surface area contributed by atoms with Gasteiger partial charge in [-0.3, -0.25) is 5.43 Å². The predicted molar refractivity (Wildman–Crippen MR) is 108 cm³/mol. The van der Waals surface area contributed by atoms with Gasteiger partial charge in [0.15, 0.2) is 5.11 Å². The van der Waals surface area contributed by atoms with E-state index >= 15 is 0 Å². The van der Waals surface area contributed by atoms with Crippen LogP contribution < -0.4 is 10.7 Å². The molecule has 0 spiro atoms. The second kappa shape index (κ2) is 7.16. The molecule has 0 unspecified atom stereocenters. The van der Waals surface area contributed by atoms with Crippen molar-refractivity contribution in [1.29, 1.82) is 0 Å². The van der Waals surface area contributed by atoms with Crippen molar-refractivity contribution in [3.05, 3.63) is 59.1 Å². The van der Waals surface area contributed by atoms with Crippen LogP contribution in [0.3, 0.4) is 0 Å². The van der Waals surface area contributed by atoms with Gasteiger partial charge in [0.2, 0.25) is 0 Å². The molecule has 3 aromatic carbocycles. The smallest absolute Gasteiger partial charge is 0.187 e. The summed E-state index contributed by atoms with van der Waals surface area (Å²) >= 11 is 11.8. The molecule has 0 radical (unpaired) electrons. The molecule has 2 N–H and O–H groups in total. The fourth-order valence-corrected chi connectivity index (χ4v) is 3.32. The minimum absolute atomic E-state index is 0.261. The van der Waals surface area contributed by atoms with E-state index in [1.807, 2.05) is 50.2 Å². The van der Waals surface area contributed by atoms with Crippen molar-refractivity contribution in [2.24, 2.45) is 5.10 Å². The molecule has 0 fully saturated rings. The molecule has 0 heterocycles. The van der Waals surface area contributed by atoms with Crippen LogP contribution in [0.2, 0.25) is 5.02 Å². The van der Waals surface area contributed by atoms with Crippen LogP contribution in [-0.4, -0.2) is 17.4 Å². The van der Waals surface area contributed by atoms with Gasteiger partial charge < -0.3 is 5.32 Å². The van der Waals surface area contributed by atoms with Gasteiger partial charge in [0.1, 0.15) is 0 Å². The number of fused-ring (bicyclic) bond motifs is 2. The zero-order valence-electron chi connectivity index (χ0n) is 13.5. The van der Waals surface area contributed by atoms with E-state index in [0.29, 0.717) is 5.11 Å². The van der Waals surface area contributed by atoms with Gasteiger partial charge in [-0.15, -0.1) is 0 Å². The summed E-state index contributed by atoms with van der Waals surface area (Å²) in [6.07, 6.45) is 1.80. The summed E-state index contributed by atoms with van der Waals surface area (Å²) in [6.45, 7) is 4.05. The molecular weight excluding hydrogens is 338 g/mol. The summed E-state index contributed by atoms with van der Waals surface area (Å²) in [5, 5.41) is 12.8. The third-order valence-corrected chi connectivity index (χ3v) is 4.30. The molecule has 0 aromatic heterocycles. The van der Waals surface area contributed by atoms with Crippen LogP contribution in [0, 0.1) is 0 Å². The fraction of sp³-hybridized carbons (Fsp3) is 0.158. The van der Waals surface area contributed by atoms with Gasteiger partial charge in [0, 0.05) is 22.4 Å². The van der Waals surface area contributed by atoms with Crippen molar-refractivity contribution < 1.29 is 0 Å². The third kappa shape index (κ3) is 3.35. The second-order valence-electron chi connectivity index (χ2n) is 5.82. The molecule has 0 atom stereocenters. The Morgan fingerprint density at radius 1 is 1.00 bits per heavy atom. The SMILES string of the molecule is CC(C)NC(=S)N/N=C\c1c2ccccc2c(Cl)c2ccccc12. The Morgan fingerprint density at radius 3 is 2.00 bits per heavy atom. The maximum absolute atomic E-state index is 6.60. The van der Waals surface area contributed by atoms with Gasteiger partial charge in [-0.1, -0.05) is 60.1 Å². The number of hydrogen-bond donors (Lipinski definition) is 2. The topological polar surface area (TPSA) is 36.4 Å². The van der Waals surface area contributed by atoms with Crippen molar-refractivity contribution in [2.75, 3.05) is 0 Å². The van der Waals surface area contributed by atoms with E-state index in [1.54, 1.807) is 6.21 Å². The van der Waals surface area contributed by atoms with E-state index in [-0.39, 0.29) is 6.04 Å². The van der Waals surface area contributed by atoms with E-state index < -0.39 is 0 Å². The highest BCUT2D eigenvalue weighted by atomic mass is 35.5. The first-order valence-corrected chi connectivity index (χ1v) is 8.55. The fourth-order valence-electron chi connectivity index (χ4n) is 2.70. The van der Waals surface area contributed by atoms with Gasteiger partial charge in [0.25, 0.3) is 0 Å². The van der Waals surface area contributed by atoms with E-state index in [0.717, 1.165) is 32.1 Å². The van der Waals surface area contributed by atoms with Crippen LogP contribution in [0.4, 0.5) is 0 Å². The van der Waals surface area contributed by atoms with Crippen molar-refractivity contribution in [3.63, 3.8) is 0 Å². The lowest BCUT2D eigenvalue weighted by atomic mass is 9.97. The lowest BCUT2D eigenvalue weighted by Gasteiger charge is -2.12. The van der Waals surface area contributed by atoms with Crippen molar-refractivity contribution >= 4 is 56.7 Å². The number of rotatable bonds is 3. The number of hydrogen-bond acceptors (Lipinski definition) is 2. The first-order valence-electron chi connectivity index (χ1n) is 7.76. The molecule has 3 aromatic rings. The van der Waals surface area contributed by atoms with Crippen LogP contribution in [0.1, 0.15) is 19.4 Å². The Balaban J connectivity index is 2.08. The van der Waals surface area contributed by atoms with Crippen LogP contribution >= 0.6 is 23.8 Å². The normalized spacial score (nSPS) is 11.5. The minimum Gasteiger partial charge on any atom is -0.359 e. The van der Waals surface area contributed by atoms with Crippen molar-refractivity contribution in [3.8, 4) is 0 Å².